The number of halogens is 1. The minimum atomic E-state index is -0.126. The molecule has 1 nitrogen and oxygen atoms in total. The molecule has 0 aliphatic heterocycles. The van der Waals surface area contributed by atoms with Crippen LogP contribution in [0.4, 0.5) is 4.39 Å². The normalized spacial score (nSPS) is 23.5. The molecule has 1 aromatic rings. The minimum absolute atomic E-state index is 0.126. The van der Waals surface area contributed by atoms with Gasteiger partial charge in [0.15, 0.2) is 0 Å². The number of nitrogens with one attached hydrogen (secondary N) is 1. The predicted molar refractivity (Wildman–Crippen MR) is 81.4 cm³/mol. The van der Waals surface area contributed by atoms with Crippen LogP contribution in [0.3, 0.4) is 0 Å². The lowest BCUT2D eigenvalue weighted by Gasteiger charge is -2.59. The summed E-state index contributed by atoms with van der Waals surface area (Å²) in [6.07, 6.45) is 9.61. The van der Waals surface area contributed by atoms with E-state index in [1.54, 1.807) is 12.1 Å². The number of hydrogen-bond donors (Lipinski definition) is 1. The van der Waals surface area contributed by atoms with E-state index < -0.39 is 0 Å². The maximum atomic E-state index is 13.2. The van der Waals surface area contributed by atoms with Crippen LogP contribution in [0.1, 0.15) is 57.4 Å². The lowest BCUT2D eigenvalue weighted by molar-refractivity contribution is -0.0125. The molecule has 0 bridgehead atoms. The molecule has 110 valence electrons. The van der Waals surface area contributed by atoms with Gasteiger partial charge in [-0.1, -0.05) is 38.3 Å². The van der Waals surface area contributed by atoms with Gasteiger partial charge in [-0.05, 0) is 55.3 Å². The molecule has 0 radical (unpaired) electrons. The van der Waals surface area contributed by atoms with Crippen molar-refractivity contribution in [1.82, 2.24) is 5.32 Å². The second-order valence-electron chi connectivity index (χ2n) is 6.98. The van der Waals surface area contributed by atoms with E-state index in [2.05, 4.69) is 12.2 Å². The third-order valence-electron chi connectivity index (χ3n) is 5.51. The minimum Gasteiger partial charge on any atom is -0.316 e. The molecular weight excluding hydrogens is 249 g/mol. The van der Waals surface area contributed by atoms with Crippen molar-refractivity contribution in [2.24, 2.45) is 5.41 Å². The highest BCUT2D eigenvalue weighted by Crippen LogP contribution is 2.61. The SMILES string of the molecule is CCNCC1(c2ccc(F)cc2)CC2(CCCCC2)C1. The van der Waals surface area contributed by atoms with E-state index in [1.807, 2.05) is 12.1 Å². The smallest absolute Gasteiger partial charge is 0.123 e. The number of benzene rings is 1. The first-order valence-corrected chi connectivity index (χ1v) is 8.15. The highest BCUT2D eigenvalue weighted by Gasteiger charge is 2.54. The van der Waals surface area contributed by atoms with Crippen LogP contribution in [-0.2, 0) is 5.41 Å². The van der Waals surface area contributed by atoms with Crippen molar-refractivity contribution >= 4 is 0 Å². The summed E-state index contributed by atoms with van der Waals surface area (Å²) in [5.74, 6) is -0.126. The van der Waals surface area contributed by atoms with Gasteiger partial charge in [-0.25, -0.2) is 4.39 Å². The molecule has 1 aromatic carbocycles. The monoisotopic (exact) mass is 275 g/mol. The highest BCUT2D eigenvalue weighted by atomic mass is 19.1. The number of rotatable bonds is 4. The van der Waals surface area contributed by atoms with Gasteiger partial charge in [-0.15, -0.1) is 0 Å². The zero-order valence-corrected chi connectivity index (χ0v) is 12.6. The van der Waals surface area contributed by atoms with E-state index >= 15 is 0 Å². The predicted octanol–water partition coefficient (Wildman–Crippen LogP) is 4.42. The first-order valence-electron chi connectivity index (χ1n) is 8.15. The summed E-state index contributed by atoms with van der Waals surface area (Å²) < 4.78 is 13.2. The first-order chi connectivity index (χ1) is 9.68. The van der Waals surface area contributed by atoms with Crippen LogP contribution in [0.5, 0.6) is 0 Å². The van der Waals surface area contributed by atoms with Gasteiger partial charge in [0.2, 0.25) is 0 Å². The Morgan fingerprint density at radius 2 is 1.70 bits per heavy atom. The van der Waals surface area contributed by atoms with Gasteiger partial charge in [0.1, 0.15) is 5.82 Å². The molecule has 0 heterocycles. The van der Waals surface area contributed by atoms with Gasteiger partial charge in [0.05, 0.1) is 0 Å². The molecule has 3 rings (SSSR count). The average molecular weight is 275 g/mol. The summed E-state index contributed by atoms with van der Waals surface area (Å²) >= 11 is 0. The van der Waals surface area contributed by atoms with Crippen LogP contribution in [0.2, 0.25) is 0 Å². The summed E-state index contributed by atoms with van der Waals surface area (Å²) in [4.78, 5) is 0. The lowest BCUT2D eigenvalue weighted by atomic mass is 9.46. The van der Waals surface area contributed by atoms with Crippen LogP contribution >= 0.6 is 0 Å². The number of hydrogen-bond acceptors (Lipinski definition) is 1. The fourth-order valence-corrected chi connectivity index (χ4v) is 4.64. The third kappa shape index (κ3) is 2.50. The fraction of sp³-hybridized carbons (Fsp3) is 0.667. The van der Waals surface area contributed by atoms with E-state index in [1.165, 1.54) is 50.5 Å². The Bertz CT molecular complexity index is 437. The zero-order valence-electron chi connectivity index (χ0n) is 12.6. The van der Waals surface area contributed by atoms with Gasteiger partial charge in [0.25, 0.3) is 0 Å². The molecule has 1 N–H and O–H groups in total. The standard InChI is InChI=1S/C18H26FN/c1-2-20-14-18(15-6-8-16(19)9-7-15)12-17(13-18)10-4-3-5-11-17/h6-9,20H,2-5,10-14H2,1H3. The summed E-state index contributed by atoms with van der Waals surface area (Å²) in [6.45, 7) is 4.21. The second-order valence-corrected chi connectivity index (χ2v) is 6.98. The first kappa shape index (κ1) is 14.1. The Kier molecular flexibility index (Phi) is 3.85. The summed E-state index contributed by atoms with van der Waals surface area (Å²) in [7, 11) is 0. The summed E-state index contributed by atoms with van der Waals surface area (Å²) in [6, 6.07) is 7.24. The van der Waals surface area contributed by atoms with E-state index in [4.69, 9.17) is 0 Å². The topological polar surface area (TPSA) is 12.0 Å². The Hall–Kier alpha value is -0.890. The van der Waals surface area contributed by atoms with Crippen molar-refractivity contribution in [2.45, 2.75) is 57.3 Å². The van der Waals surface area contributed by atoms with Crippen molar-refractivity contribution in [3.63, 3.8) is 0 Å². The Labute approximate surface area is 122 Å². The highest BCUT2D eigenvalue weighted by molar-refractivity contribution is 5.32. The molecule has 20 heavy (non-hydrogen) atoms. The molecule has 2 saturated carbocycles. The largest absolute Gasteiger partial charge is 0.316 e. The lowest BCUT2D eigenvalue weighted by Crippen LogP contribution is -2.55. The van der Waals surface area contributed by atoms with Crippen LogP contribution in [-0.4, -0.2) is 13.1 Å². The molecule has 0 saturated heterocycles. The quantitative estimate of drug-likeness (QED) is 0.858. The van der Waals surface area contributed by atoms with Gasteiger partial charge >= 0.3 is 0 Å². The summed E-state index contributed by atoms with van der Waals surface area (Å²) in [5.41, 5.74) is 2.18. The molecule has 2 fully saturated rings. The Morgan fingerprint density at radius 1 is 1.05 bits per heavy atom. The fourth-order valence-electron chi connectivity index (χ4n) is 4.64. The molecule has 0 unspecified atom stereocenters. The van der Waals surface area contributed by atoms with E-state index in [-0.39, 0.29) is 11.2 Å². The Morgan fingerprint density at radius 3 is 2.30 bits per heavy atom. The van der Waals surface area contributed by atoms with Gasteiger partial charge in [-0.3, -0.25) is 0 Å². The van der Waals surface area contributed by atoms with Crippen LogP contribution < -0.4 is 5.32 Å². The van der Waals surface area contributed by atoms with Crippen molar-refractivity contribution in [3.05, 3.63) is 35.6 Å². The van der Waals surface area contributed by atoms with E-state index in [0.29, 0.717) is 5.41 Å². The van der Waals surface area contributed by atoms with Crippen LogP contribution in [0, 0.1) is 11.2 Å². The van der Waals surface area contributed by atoms with E-state index in [0.717, 1.165) is 13.1 Å². The molecule has 2 heteroatoms. The molecular formula is C18H26FN. The van der Waals surface area contributed by atoms with Gasteiger partial charge in [-0.2, -0.15) is 0 Å². The molecule has 0 amide bonds. The van der Waals surface area contributed by atoms with Crippen molar-refractivity contribution in [2.75, 3.05) is 13.1 Å². The average Bonchev–Trinajstić information content (AvgIpc) is 2.44. The zero-order chi connectivity index (χ0) is 14.1. The van der Waals surface area contributed by atoms with Gasteiger partial charge < -0.3 is 5.32 Å². The maximum Gasteiger partial charge on any atom is 0.123 e. The molecule has 2 aliphatic carbocycles. The molecule has 0 atom stereocenters. The van der Waals surface area contributed by atoms with Gasteiger partial charge in [0, 0.05) is 12.0 Å². The van der Waals surface area contributed by atoms with E-state index in [9.17, 15) is 4.39 Å². The Balaban J connectivity index is 1.78. The van der Waals surface area contributed by atoms with Crippen molar-refractivity contribution in [3.8, 4) is 0 Å². The van der Waals surface area contributed by atoms with Crippen LogP contribution in [0.15, 0.2) is 24.3 Å². The van der Waals surface area contributed by atoms with Crippen molar-refractivity contribution < 1.29 is 4.39 Å². The molecule has 2 aliphatic rings. The maximum absolute atomic E-state index is 13.2. The van der Waals surface area contributed by atoms with Crippen molar-refractivity contribution in [1.29, 1.82) is 0 Å². The molecule has 0 aromatic heterocycles. The second kappa shape index (κ2) is 5.48. The molecule has 1 spiro atoms. The van der Waals surface area contributed by atoms with Crippen LogP contribution in [0.25, 0.3) is 0 Å². The summed E-state index contributed by atoms with van der Waals surface area (Å²) in [5, 5.41) is 3.53. The number of likely N-dealkylation sites (N-methyl/N-ethyl adjacent to an activating group) is 1. The third-order valence-corrected chi connectivity index (χ3v) is 5.51.